The number of rotatable bonds is 3. The molecule has 4 heteroatoms. The van der Waals surface area contributed by atoms with Crippen LogP contribution < -0.4 is 10.1 Å². The van der Waals surface area contributed by atoms with Gasteiger partial charge in [0.25, 0.3) is 0 Å². The third kappa shape index (κ3) is 3.29. The summed E-state index contributed by atoms with van der Waals surface area (Å²) in [5.74, 6) is 1.40. The number of anilines is 1. The van der Waals surface area contributed by atoms with Crippen LogP contribution in [0.1, 0.15) is 5.56 Å². The number of nitrogens with one attached hydrogen (secondary N) is 1. The van der Waals surface area contributed by atoms with Crippen molar-refractivity contribution in [2.45, 2.75) is 6.92 Å². The predicted molar refractivity (Wildman–Crippen MR) is 80.4 cm³/mol. The third-order valence-corrected chi connectivity index (χ3v) is 2.85. The normalized spacial score (nSPS) is 9.95. The lowest BCUT2D eigenvalue weighted by atomic mass is 10.2. The number of amides is 2. The molecule has 0 unspecified atom stereocenters. The Hall–Kier alpha value is -2.49. The van der Waals surface area contributed by atoms with Gasteiger partial charge in [-0.2, -0.15) is 0 Å². The smallest absolute Gasteiger partial charge is 0.321 e. The van der Waals surface area contributed by atoms with Crippen LogP contribution in [0.3, 0.4) is 0 Å². The predicted octanol–water partition coefficient (Wildman–Crippen LogP) is 3.88. The number of hydrogen-bond donors (Lipinski definition) is 1. The molecule has 0 atom stereocenters. The van der Waals surface area contributed by atoms with Crippen LogP contribution in [0.5, 0.6) is 11.5 Å². The molecule has 4 nitrogen and oxygen atoms in total. The van der Waals surface area contributed by atoms with E-state index in [0.717, 1.165) is 11.3 Å². The second-order valence-corrected chi connectivity index (χ2v) is 4.69. The summed E-state index contributed by atoms with van der Waals surface area (Å²) in [6.45, 7) is 1.98. The summed E-state index contributed by atoms with van der Waals surface area (Å²) in [7, 11) is 3.39. The fraction of sp³-hybridized carbons (Fsp3) is 0.188. The lowest BCUT2D eigenvalue weighted by molar-refractivity contribution is 0.230. The molecule has 2 aromatic rings. The molecule has 0 aliphatic carbocycles. The number of urea groups is 1. The minimum Gasteiger partial charge on any atom is -0.455 e. The van der Waals surface area contributed by atoms with E-state index in [9.17, 15) is 4.79 Å². The first-order valence-electron chi connectivity index (χ1n) is 6.39. The molecule has 0 fully saturated rings. The number of aryl methyl sites for hydroxylation is 1. The average molecular weight is 270 g/mol. The summed E-state index contributed by atoms with van der Waals surface area (Å²) < 4.78 is 5.89. The maximum absolute atomic E-state index is 11.7. The van der Waals surface area contributed by atoms with Crippen molar-refractivity contribution in [2.75, 3.05) is 19.4 Å². The molecule has 20 heavy (non-hydrogen) atoms. The Morgan fingerprint density at radius 2 is 1.60 bits per heavy atom. The number of nitrogens with zero attached hydrogens (tertiary/aromatic N) is 1. The van der Waals surface area contributed by atoms with Gasteiger partial charge in [0.05, 0.1) is 5.69 Å². The molecular formula is C16H18N2O2. The van der Waals surface area contributed by atoms with Gasteiger partial charge in [0, 0.05) is 14.1 Å². The van der Waals surface area contributed by atoms with Crippen LogP contribution in [0, 0.1) is 6.92 Å². The Morgan fingerprint density at radius 3 is 2.25 bits per heavy atom. The standard InChI is InChI=1S/C16H18N2O2/c1-12-8-4-6-10-14(12)20-15-11-7-5-9-13(15)17-16(19)18(2)3/h4-11H,1-3H3,(H,17,19). The Kier molecular flexibility index (Phi) is 4.25. The number of carbonyl (C=O) groups is 1. The van der Waals surface area contributed by atoms with Gasteiger partial charge in [-0.1, -0.05) is 30.3 Å². The van der Waals surface area contributed by atoms with Gasteiger partial charge in [-0.15, -0.1) is 0 Å². The molecule has 2 aromatic carbocycles. The van der Waals surface area contributed by atoms with Crippen LogP contribution in [0.15, 0.2) is 48.5 Å². The molecule has 0 bridgehead atoms. The lowest BCUT2D eigenvalue weighted by Gasteiger charge is -2.16. The van der Waals surface area contributed by atoms with E-state index in [1.807, 2.05) is 55.5 Å². The van der Waals surface area contributed by atoms with Crippen molar-refractivity contribution in [1.82, 2.24) is 4.90 Å². The molecule has 2 amide bonds. The highest BCUT2D eigenvalue weighted by molar-refractivity contribution is 5.90. The van der Waals surface area contributed by atoms with Crippen molar-refractivity contribution < 1.29 is 9.53 Å². The number of benzene rings is 2. The molecule has 2 rings (SSSR count). The molecule has 0 saturated carbocycles. The quantitative estimate of drug-likeness (QED) is 0.919. The van der Waals surface area contributed by atoms with E-state index in [1.54, 1.807) is 14.1 Å². The van der Waals surface area contributed by atoms with Crippen LogP contribution in [0.25, 0.3) is 0 Å². The van der Waals surface area contributed by atoms with Crippen molar-refractivity contribution in [2.24, 2.45) is 0 Å². The van der Waals surface area contributed by atoms with E-state index in [1.165, 1.54) is 4.90 Å². The monoisotopic (exact) mass is 270 g/mol. The summed E-state index contributed by atoms with van der Waals surface area (Å²) in [5, 5.41) is 2.81. The van der Waals surface area contributed by atoms with Crippen molar-refractivity contribution in [1.29, 1.82) is 0 Å². The van der Waals surface area contributed by atoms with Gasteiger partial charge in [-0.3, -0.25) is 0 Å². The second kappa shape index (κ2) is 6.10. The van der Waals surface area contributed by atoms with Crippen molar-refractivity contribution in [3.05, 3.63) is 54.1 Å². The summed E-state index contributed by atoms with van der Waals surface area (Å²) in [5.41, 5.74) is 1.69. The highest BCUT2D eigenvalue weighted by Crippen LogP contribution is 2.30. The largest absolute Gasteiger partial charge is 0.455 e. The minimum atomic E-state index is -0.189. The van der Waals surface area contributed by atoms with Crippen LogP contribution in [-0.4, -0.2) is 25.0 Å². The van der Waals surface area contributed by atoms with Crippen LogP contribution in [0.2, 0.25) is 0 Å². The van der Waals surface area contributed by atoms with Crippen molar-refractivity contribution in [3.8, 4) is 11.5 Å². The molecule has 0 spiro atoms. The summed E-state index contributed by atoms with van der Waals surface area (Å²) in [6, 6.07) is 15.0. The van der Waals surface area contributed by atoms with Crippen molar-refractivity contribution in [3.63, 3.8) is 0 Å². The first kappa shape index (κ1) is 13.9. The molecule has 104 valence electrons. The number of carbonyl (C=O) groups excluding carboxylic acids is 1. The molecule has 1 N–H and O–H groups in total. The zero-order valence-corrected chi connectivity index (χ0v) is 11.9. The molecule has 0 radical (unpaired) electrons. The maximum Gasteiger partial charge on any atom is 0.321 e. The first-order valence-corrected chi connectivity index (χ1v) is 6.39. The van der Waals surface area contributed by atoms with Gasteiger partial charge in [0.1, 0.15) is 5.75 Å². The van der Waals surface area contributed by atoms with E-state index < -0.39 is 0 Å². The summed E-state index contributed by atoms with van der Waals surface area (Å²) in [4.78, 5) is 13.2. The average Bonchev–Trinajstić information content (AvgIpc) is 2.43. The van der Waals surface area contributed by atoms with Gasteiger partial charge in [-0.05, 0) is 30.7 Å². The Morgan fingerprint density at radius 1 is 1.00 bits per heavy atom. The van der Waals surface area contributed by atoms with E-state index in [0.29, 0.717) is 11.4 Å². The fourth-order valence-corrected chi connectivity index (χ4v) is 1.68. The number of hydrogen-bond acceptors (Lipinski definition) is 2. The van der Waals surface area contributed by atoms with Gasteiger partial charge >= 0.3 is 6.03 Å². The Balaban J connectivity index is 2.24. The highest BCUT2D eigenvalue weighted by atomic mass is 16.5. The lowest BCUT2D eigenvalue weighted by Crippen LogP contribution is -2.27. The fourth-order valence-electron chi connectivity index (χ4n) is 1.68. The van der Waals surface area contributed by atoms with Crippen LogP contribution >= 0.6 is 0 Å². The van der Waals surface area contributed by atoms with Crippen LogP contribution in [-0.2, 0) is 0 Å². The van der Waals surface area contributed by atoms with Crippen molar-refractivity contribution >= 4 is 11.7 Å². The molecular weight excluding hydrogens is 252 g/mol. The SMILES string of the molecule is Cc1ccccc1Oc1ccccc1NC(=O)N(C)C. The Bertz CT molecular complexity index is 609. The summed E-state index contributed by atoms with van der Waals surface area (Å²) in [6.07, 6.45) is 0. The first-order chi connectivity index (χ1) is 9.58. The van der Waals surface area contributed by atoms with Crippen LogP contribution in [0.4, 0.5) is 10.5 Å². The number of ether oxygens (including phenoxy) is 1. The highest BCUT2D eigenvalue weighted by Gasteiger charge is 2.10. The van der Waals surface area contributed by atoms with E-state index in [4.69, 9.17) is 4.74 Å². The van der Waals surface area contributed by atoms with Gasteiger partial charge in [-0.25, -0.2) is 4.79 Å². The third-order valence-electron chi connectivity index (χ3n) is 2.85. The second-order valence-electron chi connectivity index (χ2n) is 4.69. The summed E-state index contributed by atoms with van der Waals surface area (Å²) >= 11 is 0. The number of para-hydroxylation sites is 3. The maximum atomic E-state index is 11.7. The molecule has 0 saturated heterocycles. The van der Waals surface area contributed by atoms with Gasteiger partial charge in [0.2, 0.25) is 0 Å². The Labute approximate surface area is 119 Å². The molecule has 0 aliphatic rings. The van der Waals surface area contributed by atoms with E-state index in [2.05, 4.69) is 5.32 Å². The minimum absolute atomic E-state index is 0.189. The molecule has 0 aromatic heterocycles. The van der Waals surface area contributed by atoms with E-state index in [-0.39, 0.29) is 6.03 Å². The zero-order chi connectivity index (χ0) is 14.5. The molecule has 0 heterocycles. The zero-order valence-electron chi connectivity index (χ0n) is 11.9. The molecule has 0 aliphatic heterocycles. The van der Waals surface area contributed by atoms with Gasteiger partial charge in [0.15, 0.2) is 5.75 Å². The van der Waals surface area contributed by atoms with Gasteiger partial charge < -0.3 is 15.0 Å². The topological polar surface area (TPSA) is 41.6 Å². The van der Waals surface area contributed by atoms with E-state index >= 15 is 0 Å².